The van der Waals surface area contributed by atoms with Gasteiger partial charge in [-0.3, -0.25) is 10.1 Å². The number of aliphatic carboxylic acids is 1. The number of carboxylic acids is 1. The number of benzene rings is 2. The predicted octanol–water partition coefficient (Wildman–Crippen LogP) is 5.92. The number of thioether (sulfide) groups is 1. The van der Waals surface area contributed by atoms with E-state index in [1.807, 2.05) is 0 Å². The van der Waals surface area contributed by atoms with Crippen molar-refractivity contribution in [2.75, 3.05) is 7.11 Å². The molecule has 0 saturated carbocycles. The Bertz CT molecular complexity index is 1470. The van der Waals surface area contributed by atoms with E-state index in [0.29, 0.717) is 28.1 Å². The third-order valence-corrected chi connectivity index (χ3v) is 5.62. The number of nitrogens with zero attached hydrogens (tertiary/aromatic N) is 3. The molecule has 0 spiro atoms. The third kappa shape index (κ3) is 5.34. The Hall–Kier alpha value is -4.16. The number of hydrogen-bond acceptors (Lipinski definition) is 9. The molecular weight excluding hydrogens is 505 g/mol. The zero-order valence-electron chi connectivity index (χ0n) is 17.6. The Morgan fingerprint density at radius 2 is 2.00 bits per heavy atom. The maximum Gasteiger partial charge on any atom is 0.342 e. The van der Waals surface area contributed by atoms with Crippen LogP contribution in [0.5, 0.6) is 5.75 Å². The van der Waals surface area contributed by atoms with Crippen molar-refractivity contribution in [1.82, 2.24) is 10.2 Å². The first-order valence-corrected chi connectivity index (χ1v) is 10.8. The summed E-state index contributed by atoms with van der Waals surface area (Å²) in [6.45, 7) is 0. The van der Waals surface area contributed by atoms with Crippen LogP contribution in [-0.4, -0.2) is 33.3 Å². The number of carbonyl (C=O) groups is 1. The molecule has 1 N–H and O–H groups in total. The molecule has 35 heavy (non-hydrogen) atoms. The number of methoxy groups -OCH3 is 1. The third-order valence-electron chi connectivity index (χ3n) is 4.53. The Morgan fingerprint density at radius 1 is 1.20 bits per heavy atom. The van der Waals surface area contributed by atoms with Crippen LogP contribution in [0.15, 0.2) is 67.5 Å². The highest BCUT2D eigenvalue weighted by Crippen LogP contribution is 2.35. The second kappa shape index (κ2) is 9.99. The summed E-state index contributed by atoms with van der Waals surface area (Å²) in [5.74, 6) is -1.44. The van der Waals surface area contributed by atoms with Gasteiger partial charge in [-0.15, -0.1) is 10.2 Å². The van der Waals surface area contributed by atoms with Gasteiger partial charge in [0.15, 0.2) is 0 Å². The minimum atomic E-state index is -1.29. The lowest BCUT2D eigenvalue weighted by atomic mass is 10.1. The van der Waals surface area contributed by atoms with Crippen LogP contribution in [0, 0.1) is 15.9 Å². The maximum atomic E-state index is 13.6. The summed E-state index contributed by atoms with van der Waals surface area (Å²) in [5.41, 5.74) is -0.0233. The van der Waals surface area contributed by atoms with Gasteiger partial charge in [-0.1, -0.05) is 11.6 Å². The van der Waals surface area contributed by atoms with E-state index in [1.165, 1.54) is 31.4 Å². The highest BCUT2D eigenvalue weighted by Gasteiger charge is 2.20. The van der Waals surface area contributed by atoms with Gasteiger partial charge in [0, 0.05) is 22.7 Å². The summed E-state index contributed by atoms with van der Waals surface area (Å²) in [6.07, 6.45) is 1.22. The summed E-state index contributed by atoms with van der Waals surface area (Å²) in [4.78, 5) is 21.7. The van der Waals surface area contributed by atoms with Crippen LogP contribution in [0.25, 0.3) is 28.9 Å². The summed E-state index contributed by atoms with van der Waals surface area (Å²) in [7, 11) is 1.46. The highest BCUT2D eigenvalue weighted by atomic mass is 35.5. The first kappa shape index (κ1) is 24.0. The van der Waals surface area contributed by atoms with E-state index >= 15 is 0 Å². The second-order valence-corrected chi connectivity index (χ2v) is 8.19. The number of carboxylic acid groups (broad SMARTS) is 1. The summed E-state index contributed by atoms with van der Waals surface area (Å²) in [6, 6.07) is 11.1. The van der Waals surface area contributed by atoms with Gasteiger partial charge in [-0.2, -0.15) is 4.39 Å². The Kier molecular flexibility index (Phi) is 6.85. The van der Waals surface area contributed by atoms with Crippen molar-refractivity contribution in [3.8, 4) is 28.5 Å². The van der Waals surface area contributed by atoms with Crippen LogP contribution in [-0.2, 0) is 4.79 Å². The van der Waals surface area contributed by atoms with E-state index in [1.54, 1.807) is 18.2 Å². The van der Waals surface area contributed by atoms with E-state index in [2.05, 4.69) is 10.2 Å². The number of furan rings is 1. The summed E-state index contributed by atoms with van der Waals surface area (Å²) >= 11 is 6.71. The second-order valence-electron chi connectivity index (χ2n) is 6.76. The van der Waals surface area contributed by atoms with Gasteiger partial charge < -0.3 is 18.7 Å². The fourth-order valence-corrected chi connectivity index (χ4v) is 3.78. The van der Waals surface area contributed by atoms with E-state index in [-0.39, 0.29) is 33.1 Å². The first-order valence-electron chi connectivity index (χ1n) is 9.59. The van der Waals surface area contributed by atoms with Gasteiger partial charge in [0.25, 0.3) is 11.1 Å². The van der Waals surface area contributed by atoms with Gasteiger partial charge in [-0.05, 0) is 54.2 Å². The molecule has 0 amide bonds. The number of rotatable bonds is 8. The molecule has 0 aliphatic carbocycles. The maximum absolute atomic E-state index is 13.6. The van der Waals surface area contributed by atoms with Crippen LogP contribution in [0.2, 0.25) is 5.02 Å². The molecule has 0 fully saturated rings. The molecule has 2 aromatic heterocycles. The Morgan fingerprint density at radius 3 is 2.71 bits per heavy atom. The lowest BCUT2D eigenvalue weighted by Gasteiger charge is -2.04. The number of halogens is 2. The average molecular weight is 518 g/mol. The Labute approximate surface area is 205 Å². The normalized spacial score (nSPS) is 11.5. The van der Waals surface area contributed by atoms with Crippen LogP contribution < -0.4 is 4.74 Å². The van der Waals surface area contributed by atoms with Crippen molar-refractivity contribution < 1.29 is 32.8 Å². The van der Waals surface area contributed by atoms with Crippen molar-refractivity contribution in [1.29, 1.82) is 0 Å². The molecule has 0 atom stereocenters. The van der Waals surface area contributed by atoms with Crippen LogP contribution in [0.4, 0.5) is 10.1 Å². The van der Waals surface area contributed by atoms with Crippen molar-refractivity contribution in [2.24, 2.45) is 0 Å². The Balaban J connectivity index is 1.59. The molecule has 0 radical (unpaired) electrons. The zero-order chi connectivity index (χ0) is 25.1. The number of hydrogen-bond donors (Lipinski definition) is 1. The molecule has 0 unspecified atom stereocenters. The molecule has 0 saturated heterocycles. The highest BCUT2D eigenvalue weighted by molar-refractivity contribution is 8.03. The van der Waals surface area contributed by atoms with Crippen LogP contribution >= 0.6 is 23.4 Å². The van der Waals surface area contributed by atoms with Gasteiger partial charge in [0.05, 0.1) is 17.6 Å². The molecule has 4 rings (SSSR count). The van der Waals surface area contributed by atoms with Crippen LogP contribution in [0.3, 0.4) is 0 Å². The van der Waals surface area contributed by atoms with Gasteiger partial charge in [-0.25, -0.2) is 4.79 Å². The topological polar surface area (TPSA) is 142 Å². The first-order chi connectivity index (χ1) is 16.7. The molecule has 178 valence electrons. The van der Waals surface area contributed by atoms with E-state index in [4.69, 9.17) is 25.2 Å². The van der Waals surface area contributed by atoms with Crippen molar-refractivity contribution in [3.63, 3.8) is 0 Å². The monoisotopic (exact) mass is 517 g/mol. The molecule has 2 heterocycles. The SMILES string of the molecule is COc1ccc(Cl)cc1-c1nnc(S/C(=C\c2ccc(-c3ccc(F)c([N+](=O)[O-])c3)o2)C(=O)O)o1. The number of nitro benzene ring substituents is 1. The molecule has 13 heteroatoms. The quantitative estimate of drug-likeness (QED) is 0.129. The van der Waals surface area contributed by atoms with Crippen molar-refractivity contribution >= 4 is 41.1 Å². The molecule has 10 nitrogen and oxygen atoms in total. The molecular formula is C22H13ClFN3O7S. The van der Waals surface area contributed by atoms with Gasteiger partial charge in [0.1, 0.15) is 22.2 Å². The van der Waals surface area contributed by atoms with Crippen LogP contribution in [0.1, 0.15) is 5.76 Å². The number of ether oxygens (including phenoxy) is 1. The minimum absolute atomic E-state index is 0.0587. The number of nitro groups is 1. The molecule has 4 aromatic rings. The largest absolute Gasteiger partial charge is 0.496 e. The standard InChI is InChI=1S/C22H13ClFN3O7S/c1-32-18-6-3-12(23)9-14(18)20-25-26-22(34-20)35-19(21(28)29)10-13-4-7-17(33-13)11-2-5-15(24)16(8-11)27(30)31/h2-10H,1H3,(H,28,29)/b19-10-. The number of aromatic nitrogens is 2. The lowest BCUT2D eigenvalue weighted by Crippen LogP contribution is -1.96. The zero-order valence-corrected chi connectivity index (χ0v) is 19.2. The predicted molar refractivity (Wildman–Crippen MR) is 124 cm³/mol. The van der Waals surface area contributed by atoms with Crippen molar-refractivity contribution in [2.45, 2.75) is 5.22 Å². The summed E-state index contributed by atoms with van der Waals surface area (Å²) in [5, 5.41) is 28.7. The fourth-order valence-electron chi connectivity index (χ4n) is 2.96. The van der Waals surface area contributed by atoms with Gasteiger partial charge >= 0.3 is 11.7 Å². The van der Waals surface area contributed by atoms with E-state index in [0.717, 1.165) is 12.1 Å². The fraction of sp³-hybridized carbons (Fsp3) is 0.0455. The smallest absolute Gasteiger partial charge is 0.342 e. The van der Waals surface area contributed by atoms with E-state index in [9.17, 15) is 24.4 Å². The molecule has 0 bridgehead atoms. The molecule has 0 aliphatic rings. The molecule has 2 aromatic carbocycles. The molecule has 0 aliphatic heterocycles. The van der Waals surface area contributed by atoms with E-state index < -0.39 is 22.4 Å². The summed E-state index contributed by atoms with van der Waals surface area (Å²) < 4.78 is 30.0. The van der Waals surface area contributed by atoms with Crippen molar-refractivity contribution in [3.05, 3.63) is 80.2 Å². The lowest BCUT2D eigenvalue weighted by molar-refractivity contribution is -0.387. The minimum Gasteiger partial charge on any atom is -0.496 e. The average Bonchev–Trinajstić information content (AvgIpc) is 3.48. The van der Waals surface area contributed by atoms with Gasteiger partial charge in [0.2, 0.25) is 5.82 Å².